The lowest BCUT2D eigenvalue weighted by Crippen LogP contribution is -2.33. The topological polar surface area (TPSA) is 24.5 Å². The van der Waals surface area contributed by atoms with Crippen molar-refractivity contribution in [1.29, 1.82) is 0 Å². The second-order valence-corrected chi connectivity index (χ2v) is 5.86. The molecule has 17 heavy (non-hydrogen) atoms. The number of ether oxygens (including phenoxy) is 1. The highest BCUT2D eigenvalue weighted by molar-refractivity contribution is 4.79. The number of rotatable bonds is 5. The van der Waals surface area contributed by atoms with Crippen LogP contribution in [0.25, 0.3) is 0 Å². The Balaban J connectivity index is 1.53. The minimum Gasteiger partial charge on any atom is -0.378 e. The van der Waals surface area contributed by atoms with Crippen LogP contribution in [0.2, 0.25) is 0 Å². The van der Waals surface area contributed by atoms with Crippen LogP contribution in [-0.2, 0) is 4.74 Å². The van der Waals surface area contributed by atoms with Crippen molar-refractivity contribution < 1.29 is 4.74 Å². The fourth-order valence-corrected chi connectivity index (χ4v) is 3.18. The molecule has 2 saturated heterocycles. The Labute approximate surface area is 106 Å². The summed E-state index contributed by atoms with van der Waals surface area (Å²) in [5.41, 5.74) is 0. The highest BCUT2D eigenvalue weighted by Crippen LogP contribution is 2.22. The third-order valence-corrected chi connectivity index (χ3v) is 4.14. The molecule has 0 bridgehead atoms. The van der Waals surface area contributed by atoms with Crippen molar-refractivity contribution in [2.24, 2.45) is 5.92 Å². The van der Waals surface area contributed by atoms with E-state index in [4.69, 9.17) is 4.74 Å². The minimum atomic E-state index is 0.520. The smallest absolute Gasteiger partial charge is 0.0599 e. The molecule has 2 atom stereocenters. The van der Waals surface area contributed by atoms with Crippen LogP contribution in [0.3, 0.4) is 0 Å². The Kier molecular flexibility index (Phi) is 5.26. The first-order chi connectivity index (χ1) is 8.25. The highest BCUT2D eigenvalue weighted by atomic mass is 16.5. The van der Waals surface area contributed by atoms with E-state index in [1.165, 1.54) is 38.8 Å². The maximum atomic E-state index is 5.94. The molecule has 0 aromatic rings. The molecule has 3 nitrogen and oxygen atoms in total. The number of piperidine rings is 1. The van der Waals surface area contributed by atoms with Gasteiger partial charge in [-0.3, -0.25) is 0 Å². The van der Waals surface area contributed by atoms with Crippen molar-refractivity contribution in [2.75, 3.05) is 32.8 Å². The molecule has 0 aromatic heterocycles. The summed E-state index contributed by atoms with van der Waals surface area (Å²) in [5.74, 6) is 0.885. The lowest BCUT2D eigenvalue weighted by atomic mass is 10.1. The highest BCUT2D eigenvalue weighted by Gasteiger charge is 2.25. The van der Waals surface area contributed by atoms with E-state index < -0.39 is 0 Å². The van der Waals surface area contributed by atoms with Gasteiger partial charge < -0.3 is 15.0 Å². The molecular formula is C14H28N2O. The second-order valence-electron chi connectivity index (χ2n) is 5.86. The van der Waals surface area contributed by atoms with Crippen molar-refractivity contribution in [3.8, 4) is 0 Å². The molecule has 0 aromatic carbocycles. The van der Waals surface area contributed by atoms with Crippen molar-refractivity contribution in [2.45, 2.75) is 51.7 Å². The molecule has 0 amide bonds. The number of nitrogens with zero attached hydrogens (tertiary/aromatic N) is 1. The average Bonchev–Trinajstić information content (AvgIpc) is 2.65. The molecule has 0 aliphatic carbocycles. The lowest BCUT2D eigenvalue weighted by Gasteiger charge is -2.24. The third kappa shape index (κ3) is 4.23. The van der Waals surface area contributed by atoms with Gasteiger partial charge in [0, 0.05) is 25.7 Å². The Morgan fingerprint density at radius 2 is 2.00 bits per heavy atom. The van der Waals surface area contributed by atoms with Gasteiger partial charge in [0.2, 0.25) is 0 Å². The molecular weight excluding hydrogens is 212 g/mol. The Bertz CT molecular complexity index is 216. The van der Waals surface area contributed by atoms with Gasteiger partial charge in [-0.25, -0.2) is 0 Å². The predicted octanol–water partition coefficient (Wildman–Crippen LogP) is 1.88. The summed E-state index contributed by atoms with van der Waals surface area (Å²) >= 11 is 0. The normalized spacial score (nSPS) is 32.1. The number of hydrogen-bond acceptors (Lipinski definition) is 3. The van der Waals surface area contributed by atoms with Gasteiger partial charge in [-0.05, 0) is 51.6 Å². The second kappa shape index (κ2) is 6.72. The van der Waals surface area contributed by atoms with Gasteiger partial charge in [0.05, 0.1) is 6.10 Å². The van der Waals surface area contributed by atoms with E-state index in [9.17, 15) is 0 Å². The van der Waals surface area contributed by atoms with Crippen LogP contribution >= 0.6 is 0 Å². The van der Waals surface area contributed by atoms with Crippen LogP contribution in [0.15, 0.2) is 0 Å². The van der Waals surface area contributed by atoms with Crippen LogP contribution in [-0.4, -0.2) is 49.8 Å². The number of likely N-dealkylation sites (tertiary alicyclic amines) is 1. The summed E-state index contributed by atoms with van der Waals surface area (Å²) in [6, 6.07) is 0.781. The van der Waals surface area contributed by atoms with Crippen LogP contribution < -0.4 is 5.32 Å². The van der Waals surface area contributed by atoms with E-state index in [1.54, 1.807) is 0 Å². The maximum absolute atomic E-state index is 5.94. The minimum absolute atomic E-state index is 0.520. The first-order valence-corrected chi connectivity index (χ1v) is 7.32. The number of nitrogens with one attached hydrogen (secondary N) is 1. The van der Waals surface area contributed by atoms with Crippen LogP contribution in [0.1, 0.15) is 39.5 Å². The quantitative estimate of drug-likeness (QED) is 0.743. The zero-order valence-corrected chi connectivity index (χ0v) is 11.5. The van der Waals surface area contributed by atoms with Crippen molar-refractivity contribution in [3.63, 3.8) is 0 Å². The fraction of sp³-hybridized carbons (Fsp3) is 1.00. The third-order valence-electron chi connectivity index (χ3n) is 4.14. The molecule has 2 rings (SSSR count). The van der Waals surface area contributed by atoms with Crippen molar-refractivity contribution in [3.05, 3.63) is 0 Å². The van der Waals surface area contributed by atoms with Gasteiger partial charge in [-0.1, -0.05) is 6.92 Å². The van der Waals surface area contributed by atoms with E-state index in [2.05, 4.69) is 24.1 Å². The van der Waals surface area contributed by atoms with E-state index >= 15 is 0 Å². The average molecular weight is 240 g/mol. The summed E-state index contributed by atoms with van der Waals surface area (Å²) < 4.78 is 5.94. The summed E-state index contributed by atoms with van der Waals surface area (Å²) in [6.07, 6.45) is 5.47. The summed E-state index contributed by atoms with van der Waals surface area (Å²) in [7, 11) is 0. The van der Waals surface area contributed by atoms with E-state index in [0.717, 1.165) is 31.7 Å². The molecule has 2 unspecified atom stereocenters. The van der Waals surface area contributed by atoms with Gasteiger partial charge >= 0.3 is 0 Å². The van der Waals surface area contributed by atoms with Crippen molar-refractivity contribution >= 4 is 0 Å². The molecule has 0 radical (unpaired) electrons. The summed E-state index contributed by atoms with van der Waals surface area (Å²) in [6.45, 7) is 10.4. The Morgan fingerprint density at radius 3 is 2.65 bits per heavy atom. The first-order valence-electron chi connectivity index (χ1n) is 7.32. The Hall–Kier alpha value is -0.120. The molecule has 2 aliphatic rings. The molecule has 1 N–H and O–H groups in total. The molecule has 3 heteroatoms. The number of hydrogen-bond donors (Lipinski definition) is 1. The first kappa shape index (κ1) is 13.3. The monoisotopic (exact) mass is 240 g/mol. The zero-order chi connectivity index (χ0) is 12.1. The van der Waals surface area contributed by atoms with E-state index in [-0.39, 0.29) is 0 Å². The van der Waals surface area contributed by atoms with Gasteiger partial charge in [0.25, 0.3) is 0 Å². The fourth-order valence-electron chi connectivity index (χ4n) is 3.18. The van der Waals surface area contributed by atoms with Gasteiger partial charge in [-0.15, -0.1) is 0 Å². The largest absolute Gasteiger partial charge is 0.378 e. The van der Waals surface area contributed by atoms with Crippen molar-refractivity contribution in [1.82, 2.24) is 10.2 Å². The molecule has 0 spiro atoms. The van der Waals surface area contributed by atoms with Gasteiger partial charge in [-0.2, -0.15) is 0 Å². The zero-order valence-electron chi connectivity index (χ0n) is 11.5. The summed E-state index contributed by atoms with van der Waals surface area (Å²) in [5, 5.41) is 3.37. The Morgan fingerprint density at radius 1 is 1.24 bits per heavy atom. The predicted molar refractivity (Wildman–Crippen MR) is 71.3 cm³/mol. The van der Waals surface area contributed by atoms with Gasteiger partial charge in [0.15, 0.2) is 0 Å². The van der Waals surface area contributed by atoms with E-state index in [0.29, 0.717) is 6.10 Å². The van der Waals surface area contributed by atoms with Crippen LogP contribution in [0.4, 0.5) is 0 Å². The SMILES string of the molecule is CC1CC(C)N(CCCOC2CCNCC2)C1. The van der Waals surface area contributed by atoms with E-state index in [1.807, 2.05) is 0 Å². The molecule has 2 aliphatic heterocycles. The lowest BCUT2D eigenvalue weighted by molar-refractivity contribution is 0.0274. The molecule has 2 heterocycles. The van der Waals surface area contributed by atoms with Gasteiger partial charge in [0.1, 0.15) is 0 Å². The molecule has 100 valence electrons. The maximum Gasteiger partial charge on any atom is 0.0599 e. The summed E-state index contributed by atoms with van der Waals surface area (Å²) in [4.78, 5) is 2.62. The standard InChI is InChI=1S/C14H28N2O/c1-12-10-13(2)16(11-12)8-3-9-17-14-4-6-15-7-5-14/h12-15H,3-11H2,1-2H3. The van der Waals surface area contributed by atoms with Crippen LogP contribution in [0, 0.1) is 5.92 Å². The van der Waals surface area contributed by atoms with Crippen LogP contribution in [0.5, 0.6) is 0 Å². The molecule has 2 fully saturated rings. The molecule has 0 saturated carbocycles.